The fraction of sp³-hybridized carbons (Fsp3) is 0.378. The van der Waals surface area contributed by atoms with Crippen LogP contribution in [0.3, 0.4) is 0 Å². The van der Waals surface area contributed by atoms with Gasteiger partial charge in [0.15, 0.2) is 0 Å². The van der Waals surface area contributed by atoms with Crippen molar-refractivity contribution in [3.63, 3.8) is 0 Å². The molecule has 2 fully saturated rings. The molecule has 3 aromatic carbocycles. The number of hydrogen-bond acceptors (Lipinski definition) is 9. The van der Waals surface area contributed by atoms with Gasteiger partial charge in [0.2, 0.25) is 0 Å². The van der Waals surface area contributed by atoms with Crippen molar-refractivity contribution in [2.75, 3.05) is 32.8 Å². The summed E-state index contributed by atoms with van der Waals surface area (Å²) >= 11 is 2.46. The fourth-order valence-corrected chi connectivity index (χ4v) is 8.74. The number of aliphatic hydroxyl groups excluding tert-OH is 1. The number of morpholine rings is 1. The summed E-state index contributed by atoms with van der Waals surface area (Å²) in [4.78, 5) is 36.4. The molecule has 49 heavy (non-hydrogen) atoms. The third-order valence-electron chi connectivity index (χ3n) is 9.61. The molecule has 9 nitrogen and oxygen atoms in total. The zero-order valence-corrected chi connectivity index (χ0v) is 28.7. The summed E-state index contributed by atoms with van der Waals surface area (Å²) in [5.74, 6) is -0.319. The first-order valence-electron chi connectivity index (χ1n) is 16.7. The maximum absolute atomic E-state index is 14.7. The minimum absolute atomic E-state index is 0.0127. The van der Waals surface area contributed by atoms with E-state index in [2.05, 4.69) is 20.9 Å². The van der Waals surface area contributed by atoms with Gasteiger partial charge in [-0.2, -0.15) is 0 Å². The molecule has 4 heterocycles. The predicted molar refractivity (Wildman–Crippen MR) is 190 cm³/mol. The summed E-state index contributed by atoms with van der Waals surface area (Å²) in [6, 6.07) is 18.3. The van der Waals surface area contributed by atoms with Gasteiger partial charge in [-0.25, -0.2) is 9.37 Å². The number of carbonyl (C=O) groups is 1. The van der Waals surface area contributed by atoms with Crippen LogP contribution in [0.15, 0.2) is 70.8 Å². The van der Waals surface area contributed by atoms with Crippen LogP contribution in [0.5, 0.6) is 5.75 Å². The van der Waals surface area contributed by atoms with Crippen molar-refractivity contribution in [1.82, 2.24) is 19.8 Å². The number of aromatic nitrogens is 2. The molecule has 2 aliphatic heterocycles. The largest absolute Gasteiger partial charge is 0.506 e. The summed E-state index contributed by atoms with van der Waals surface area (Å²) in [6.07, 6.45) is 3.50. The number of ether oxygens (including phenoxy) is 1. The van der Waals surface area contributed by atoms with Gasteiger partial charge in [-0.15, -0.1) is 11.3 Å². The molecule has 0 radical (unpaired) electrons. The van der Waals surface area contributed by atoms with Crippen molar-refractivity contribution in [2.24, 2.45) is 0 Å². The molecule has 256 valence electrons. The number of aromatic amines is 1. The van der Waals surface area contributed by atoms with Gasteiger partial charge in [0.25, 0.3) is 5.91 Å². The molecule has 1 spiro atoms. The maximum atomic E-state index is 14.7. The smallest absolute Gasteiger partial charge is 0.305 e. The zero-order chi connectivity index (χ0) is 34.0. The van der Waals surface area contributed by atoms with Crippen molar-refractivity contribution >= 4 is 38.8 Å². The van der Waals surface area contributed by atoms with Crippen LogP contribution in [0.25, 0.3) is 20.8 Å². The lowest BCUT2D eigenvalue weighted by molar-refractivity contribution is -0.128. The number of likely N-dealkylation sites (tertiary alicyclic amines) is 1. The molecule has 5 aromatic rings. The van der Waals surface area contributed by atoms with Crippen molar-refractivity contribution < 1.29 is 24.1 Å². The van der Waals surface area contributed by atoms with Gasteiger partial charge < -0.3 is 24.8 Å². The van der Waals surface area contributed by atoms with E-state index in [0.29, 0.717) is 60.6 Å². The van der Waals surface area contributed by atoms with E-state index in [1.54, 1.807) is 18.2 Å². The van der Waals surface area contributed by atoms with Gasteiger partial charge in [0.05, 0.1) is 29.6 Å². The Kier molecular flexibility index (Phi) is 9.93. The lowest BCUT2D eigenvalue weighted by Gasteiger charge is -2.47. The lowest BCUT2D eigenvalue weighted by atomic mass is 9.89. The number of phenolic OH excluding ortho intramolecular Hbond substituents is 1. The van der Waals surface area contributed by atoms with Gasteiger partial charge in [-0.3, -0.25) is 14.5 Å². The number of nitrogens with zero attached hydrogens (tertiary/aromatic N) is 3. The van der Waals surface area contributed by atoms with Crippen LogP contribution in [0.2, 0.25) is 0 Å². The average Bonchev–Trinajstić information content (AvgIpc) is 3.76. The third-order valence-corrected chi connectivity index (χ3v) is 11.4. The molecule has 1 atom stereocenters. The molecular weight excluding hydrogens is 664 g/mol. The van der Waals surface area contributed by atoms with Gasteiger partial charge in [0, 0.05) is 42.7 Å². The Morgan fingerprint density at radius 2 is 1.86 bits per heavy atom. The topological polar surface area (TPSA) is 119 Å². The minimum atomic E-state index is -0.766. The second kappa shape index (κ2) is 14.5. The van der Waals surface area contributed by atoms with Crippen LogP contribution in [-0.2, 0) is 17.7 Å². The number of phenols is 1. The second-order valence-electron chi connectivity index (χ2n) is 13.1. The van der Waals surface area contributed by atoms with E-state index in [1.807, 2.05) is 40.6 Å². The van der Waals surface area contributed by atoms with Crippen LogP contribution < -0.4 is 4.87 Å². The summed E-state index contributed by atoms with van der Waals surface area (Å²) in [5.41, 5.74) is 3.94. The molecule has 0 bridgehead atoms. The van der Waals surface area contributed by atoms with Crippen LogP contribution in [0.1, 0.15) is 65.4 Å². The Morgan fingerprint density at radius 1 is 1.06 bits per heavy atom. The number of rotatable bonds is 10. The Labute approximate surface area is 291 Å². The highest BCUT2D eigenvalue weighted by Crippen LogP contribution is 2.34. The number of fused-ring (bicyclic) bond motifs is 1. The van der Waals surface area contributed by atoms with E-state index in [1.165, 1.54) is 17.4 Å². The van der Waals surface area contributed by atoms with E-state index in [4.69, 9.17) is 4.74 Å². The summed E-state index contributed by atoms with van der Waals surface area (Å²) in [7, 11) is 0. The number of aryl methyl sites for hydroxylation is 1. The third kappa shape index (κ3) is 7.63. The number of piperidine rings is 1. The molecule has 0 aliphatic carbocycles. The summed E-state index contributed by atoms with van der Waals surface area (Å²) in [5, 5.41) is 23.5. The van der Waals surface area contributed by atoms with Crippen LogP contribution in [0, 0.1) is 5.82 Å². The predicted octanol–water partition coefficient (Wildman–Crippen LogP) is 6.51. The molecule has 2 saturated heterocycles. The van der Waals surface area contributed by atoms with Crippen LogP contribution in [0.4, 0.5) is 4.39 Å². The molecule has 7 rings (SSSR count). The number of aliphatic hydroxyl groups is 1. The van der Waals surface area contributed by atoms with E-state index in [-0.39, 0.29) is 27.9 Å². The molecule has 2 aromatic heterocycles. The number of carbonyl (C=O) groups excluding carboxylic acids is 1. The molecule has 12 heteroatoms. The fourth-order valence-electron chi connectivity index (χ4n) is 7.02. The van der Waals surface area contributed by atoms with E-state index < -0.39 is 6.10 Å². The zero-order valence-electron chi connectivity index (χ0n) is 27.1. The SMILES string of the molecule is O=C(c1csc(-c2ccccc2)n1)N1CCOC2(CCN(Cc3cc(F)cc(CCCC[C@H](O)c4ccc(O)c5[nH]c(=O)sc45)c3)CC2)C1. The maximum Gasteiger partial charge on any atom is 0.305 e. The molecule has 2 aliphatic rings. The average molecular weight is 703 g/mol. The quantitative estimate of drug-likeness (QED) is 0.142. The number of aromatic hydroxyl groups is 1. The second-order valence-corrected chi connectivity index (χ2v) is 14.9. The first-order valence-corrected chi connectivity index (χ1v) is 18.4. The number of amides is 1. The molecule has 1 amide bonds. The van der Waals surface area contributed by atoms with Gasteiger partial charge >= 0.3 is 4.87 Å². The van der Waals surface area contributed by atoms with E-state index >= 15 is 0 Å². The summed E-state index contributed by atoms with van der Waals surface area (Å²) in [6.45, 7) is 3.81. The monoisotopic (exact) mass is 702 g/mol. The number of halogens is 1. The Bertz CT molecular complexity index is 1990. The molecule has 0 unspecified atom stereocenters. The molecule has 0 saturated carbocycles. The number of hydrogen-bond donors (Lipinski definition) is 3. The highest BCUT2D eigenvalue weighted by Gasteiger charge is 2.41. The van der Waals surface area contributed by atoms with Crippen LogP contribution >= 0.6 is 22.7 Å². The number of H-pyrrole nitrogens is 1. The standard InChI is InChI=1S/C37H39FN4O5S2/c38-27-19-24(6-4-5-9-30(43)28-10-11-31(44)32-33(28)49-36(46)40-32)18-25(20-27)21-41-14-12-37(13-15-41)23-42(16-17-47-37)35(45)29-22-48-34(39-29)26-7-2-1-3-8-26/h1-3,7-8,10-11,18-20,22,30,43-44H,4-6,9,12-17,21,23H2,(H,40,46)/t30-/m0/s1. The Morgan fingerprint density at radius 3 is 2.67 bits per heavy atom. The van der Waals surface area contributed by atoms with Gasteiger partial charge in [0.1, 0.15) is 27.8 Å². The number of thiazole rings is 2. The summed E-state index contributed by atoms with van der Waals surface area (Å²) < 4.78 is 21.6. The number of nitrogens with one attached hydrogen (secondary N) is 1. The molecular formula is C37H39FN4O5S2. The van der Waals surface area contributed by atoms with Gasteiger partial charge in [-0.05, 0) is 61.4 Å². The first-order chi connectivity index (χ1) is 23.7. The van der Waals surface area contributed by atoms with Gasteiger partial charge in [-0.1, -0.05) is 60.2 Å². The van der Waals surface area contributed by atoms with Crippen molar-refractivity contribution in [2.45, 2.75) is 56.8 Å². The van der Waals surface area contributed by atoms with Crippen molar-refractivity contribution in [1.29, 1.82) is 0 Å². The number of benzene rings is 3. The van der Waals surface area contributed by atoms with Crippen molar-refractivity contribution in [3.8, 4) is 16.3 Å². The number of unbranched alkanes of at least 4 members (excludes halogenated alkanes) is 1. The Hall–Kier alpha value is -3.94. The van der Waals surface area contributed by atoms with E-state index in [9.17, 15) is 24.2 Å². The minimum Gasteiger partial charge on any atom is -0.506 e. The first kappa shape index (κ1) is 33.6. The highest BCUT2D eigenvalue weighted by atomic mass is 32.1. The normalized spacial score (nSPS) is 17.1. The van der Waals surface area contributed by atoms with Crippen LogP contribution in [-0.4, -0.2) is 74.3 Å². The highest BCUT2D eigenvalue weighted by molar-refractivity contribution is 7.16. The lowest BCUT2D eigenvalue weighted by Crippen LogP contribution is -2.58. The Balaban J connectivity index is 0.898. The van der Waals surface area contributed by atoms with E-state index in [0.717, 1.165) is 71.8 Å². The van der Waals surface area contributed by atoms with Crippen molar-refractivity contribution in [3.05, 3.63) is 104 Å². The molecule has 3 N–H and O–H groups in total.